The van der Waals surface area contributed by atoms with E-state index in [2.05, 4.69) is 9.97 Å². The Morgan fingerprint density at radius 1 is 1.25 bits per heavy atom. The number of aryl methyl sites for hydroxylation is 1. The fourth-order valence-corrected chi connectivity index (χ4v) is 1.20. The minimum absolute atomic E-state index is 0.0722. The van der Waals surface area contributed by atoms with Gasteiger partial charge in [-0.15, -0.1) is 0 Å². The van der Waals surface area contributed by atoms with Gasteiger partial charge in [-0.3, -0.25) is 4.98 Å². The number of rotatable bonds is 1. The number of pyridine rings is 1. The second kappa shape index (κ2) is 3.62. The minimum Gasteiger partial charge on any atom is -0.440 e. The van der Waals surface area contributed by atoms with Gasteiger partial charge in [0.05, 0.1) is 11.8 Å². The molecule has 2 rings (SSSR count). The molecule has 84 valence electrons. The normalized spacial score (nSPS) is 11.8. The average molecular weight is 228 g/mol. The van der Waals surface area contributed by atoms with Gasteiger partial charge < -0.3 is 4.42 Å². The van der Waals surface area contributed by atoms with Gasteiger partial charge in [-0.2, -0.15) is 13.2 Å². The molecule has 0 amide bonds. The van der Waals surface area contributed by atoms with Crippen LogP contribution in [0.3, 0.4) is 0 Å². The summed E-state index contributed by atoms with van der Waals surface area (Å²) in [5.74, 6) is 0.609. The lowest BCUT2D eigenvalue weighted by atomic mass is 10.2. The van der Waals surface area contributed by atoms with Crippen LogP contribution in [0.25, 0.3) is 11.6 Å². The predicted molar refractivity (Wildman–Crippen MR) is 49.5 cm³/mol. The summed E-state index contributed by atoms with van der Waals surface area (Å²) in [6.07, 6.45) is -1.88. The first-order valence-corrected chi connectivity index (χ1v) is 4.43. The van der Waals surface area contributed by atoms with Gasteiger partial charge in [0.1, 0.15) is 11.5 Å². The fourth-order valence-electron chi connectivity index (χ4n) is 1.20. The largest absolute Gasteiger partial charge is 0.440 e. The lowest BCUT2D eigenvalue weighted by molar-refractivity contribution is -0.137. The highest BCUT2D eigenvalue weighted by atomic mass is 19.4. The van der Waals surface area contributed by atoms with Crippen molar-refractivity contribution in [3.63, 3.8) is 0 Å². The predicted octanol–water partition coefficient (Wildman–Crippen LogP) is 3.06. The minimum atomic E-state index is -4.39. The van der Waals surface area contributed by atoms with Crippen LogP contribution < -0.4 is 0 Å². The molecule has 0 aliphatic carbocycles. The van der Waals surface area contributed by atoms with E-state index >= 15 is 0 Å². The first kappa shape index (κ1) is 10.7. The van der Waals surface area contributed by atoms with Crippen LogP contribution in [0.4, 0.5) is 13.2 Å². The summed E-state index contributed by atoms with van der Waals surface area (Å²) in [5.41, 5.74) is -0.698. The number of halogens is 3. The Morgan fingerprint density at radius 3 is 2.56 bits per heavy atom. The van der Waals surface area contributed by atoms with Gasteiger partial charge in [-0.25, -0.2) is 4.98 Å². The van der Waals surface area contributed by atoms with Crippen molar-refractivity contribution in [1.82, 2.24) is 9.97 Å². The maximum absolute atomic E-state index is 12.4. The maximum Gasteiger partial charge on any atom is 0.416 e. The molecule has 0 spiro atoms. The van der Waals surface area contributed by atoms with E-state index in [0.29, 0.717) is 5.76 Å². The molecular weight excluding hydrogens is 221 g/mol. The summed E-state index contributed by atoms with van der Waals surface area (Å²) in [7, 11) is 0. The van der Waals surface area contributed by atoms with Gasteiger partial charge in [0.15, 0.2) is 0 Å². The quantitative estimate of drug-likeness (QED) is 0.752. The third-order valence-electron chi connectivity index (χ3n) is 1.93. The number of hydrogen-bond acceptors (Lipinski definition) is 3. The molecule has 2 aromatic rings. The third kappa shape index (κ3) is 2.05. The van der Waals surface area contributed by atoms with Gasteiger partial charge in [-0.1, -0.05) is 0 Å². The summed E-state index contributed by atoms with van der Waals surface area (Å²) in [4.78, 5) is 7.59. The van der Waals surface area contributed by atoms with Crippen LogP contribution in [-0.4, -0.2) is 9.97 Å². The monoisotopic (exact) mass is 228 g/mol. The zero-order valence-corrected chi connectivity index (χ0v) is 8.25. The van der Waals surface area contributed by atoms with E-state index in [1.807, 2.05) is 0 Å². The molecule has 0 aromatic carbocycles. The van der Waals surface area contributed by atoms with E-state index < -0.39 is 11.7 Å². The van der Waals surface area contributed by atoms with Crippen molar-refractivity contribution in [3.05, 3.63) is 35.9 Å². The van der Waals surface area contributed by atoms with E-state index in [1.54, 1.807) is 6.92 Å². The van der Waals surface area contributed by atoms with Crippen LogP contribution in [0.5, 0.6) is 0 Å². The molecule has 0 radical (unpaired) electrons. The summed E-state index contributed by atoms with van der Waals surface area (Å²) >= 11 is 0. The topological polar surface area (TPSA) is 38.9 Å². The Kier molecular flexibility index (Phi) is 2.41. The van der Waals surface area contributed by atoms with Gasteiger partial charge in [0.2, 0.25) is 5.89 Å². The van der Waals surface area contributed by atoms with E-state index in [-0.39, 0.29) is 11.6 Å². The van der Waals surface area contributed by atoms with Crippen LogP contribution in [-0.2, 0) is 6.18 Å². The van der Waals surface area contributed by atoms with Crippen molar-refractivity contribution in [2.45, 2.75) is 13.1 Å². The van der Waals surface area contributed by atoms with E-state index in [0.717, 1.165) is 18.3 Å². The van der Waals surface area contributed by atoms with Gasteiger partial charge in [-0.05, 0) is 19.1 Å². The summed E-state index contributed by atoms with van der Waals surface area (Å²) < 4.78 is 42.3. The lowest BCUT2D eigenvalue weighted by Gasteiger charge is -2.06. The van der Waals surface area contributed by atoms with Crippen LogP contribution in [0.15, 0.2) is 28.9 Å². The molecule has 0 aliphatic heterocycles. The molecule has 0 aliphatic rings. The molecular formula is C10H7F3N2O. The molecule has 0 N–H and O–H groups in total. The Bertz CT molecular complexity index is 505. The first-order chi connectivity index (χ1) is 7.47. The summed E-state index contributed by atoms with van der Waals surface area (Å²) in [6, 6.07) is 1.81. The summed E-state index contributed by atoms with van der Waals surface area (Å²) in [5, 5.41) is 0. The highest BCUT2D eigenvalue weighted by molar-refractivity contribution is 5.48. The Balaban J connectivity index is 2.44. The average Bonchev–Trinajstić information content (AvgIpc) is 2.64. The molecule has 0 saturated heterocycles. The van der Waals surface area contributed by atoms with Crippen LogP contribution in [0, 0.1) is 6.92 Å². The summed E-state index contributed by atoms with van der Waals surface area (Å²) in [6.45, 7) is 1.66. The van der Waals surface area contributed by atoms with Crippen LogP contribution in [0.2, 0.25) is 0 Å². The maximum atomic E-state index is 12.4. The second-order valence-corrected chi connectivity index (χ2v) is 3.20. The highest BCUT2D eigenvalue weighted by Gasteiger charge is 2.31. The Hall–Kier alpha value is -1.85. The van der Waals surface area contributed by atoms with E-state index in [1.165, 1.54) is 6.20 Å². The van der Waals surface area contributed by atoms with Crippen molar-refractivity contribution in [2.75, 3.05) is 0 Å². The number of alkyl halides is 3. The number of hydrogen-bond donors (Lipinski definition) is 0. The number of oxazole rings is 1. The lowest BCUT2D eigenvalue weighted by Crippen LogP contribution is -2.05. The van der Waals surface area contributed by atoms with Crippen molar-refractivity contribution in [1.29, 1.82) is 0 Å². The van der Waals surface area contributed by atoms with E-state index in [4.69, 9.17) is 4.42 Å². The molecule has 0 bridgehead atoms. The Morgan fingerprint density at radius 2 is 2.00 bits per heavy atom. The SMILES string of the molecule is Cc1cnc(-c2cc(C(F)(F)F)ccn2)o1. The molecule has 6 heteroatoms. The smallest absolute Gasteiger partial charge is 0.416 e. The molecule has 0 unspecified atom stereocenters. The second-order valence-electron chi connectivity index (χ2n) is 3.20. The van der Waals surface area contributed by atoms with Crippen molar-refractivity contribution < 1.29 is 17.6 Å². The van der Waals surface area contributed by atoms with Crippen LogP contribution >= 0.6 is 0 Å². The molecule has 0 fully saturated rings. The van der Waals surface area contributed by atoms with Crippen molar-refractivity contribution in [2.24, 2.45) is 0 Å². The molecule has 0 saturated carbocycles. The van der Waals surface area contributed by atoms with Crippen LogP contribution in [0.1, 0.15) is 11.3 Å². The third-order valence-corrected chi connectivity index (χ3v) is 1.93. The molecule has 16 heavy (non-hydrogen) atoms. The molecule has 0 atom stereocenters. The highest BCUT2D eigenvalue weighted by Crippen LogP contribution is 2.30. The van der Waals surface area contributed by atoms with Gasteiger partial charge >= 0.3 is 6.18 Å². The molecule has 2 aromatic heterocycles. The van der Waals surface area contributed by atoms with Gasteiger partial charge in [0, 0.05) is 6.20 Å². The van der Waals surface area contributed by atoms with Crippen molar-refractivity contribution in [3.8, 4) is 11.6 Å². The molecule has 2 heterocycles. The van der Waals surface area contributed by atoms with Crippen molar-refractivity contribution >= 4 is 0 Å². The molecule has 3 nitrogen and oxygen atoms in total. The van der Waals surface area contributed by atoms with Gasteiger partial charge in [0.25, 0.3) is 0 Å². The number of nitrogens with zero attached hydrogens (tertiary/aromatic N) is 2. The standard InChI is InChI=1S/C10H7F3N2O/c1-6-5-15-9(16-6)8-4-7(2-3-14-8)10(11,12)13/h2-5H,1H3. The zero-order chi connectivity index (χ0) is 11.8. The Labute approximate surface area is 88.9 Å². The zero-order valence-electron chi connectivity index (χ0n) is 8.25. The first-order valence-electron chi connectivity index (χ1n) is 4.43. The fraction of sp³-hybridized carbons (Fsp3) is 0.200. The number of aromatic nitrogens is 2. The van der Waals surface area contributed by atoms with E-state index in [9.17, 15) is 13.2 Å².